The van der Waals surface area contributed by atoms with Gasteiger partial charge in [0.05, 0.1) is 5.56 Å². The van der Waals surface area contributed by atoms with Gasteiger partial charge in [0.15, 0.2) is 6.10 Å². The van der Waals surface area contributed by atoms with E-state index in [0.717, 1.165) is 12.1 Å². The van der Waals surface area contributed by atoms with Crippen molar-refractivity contribution in [2.45, 2.75) is 25.9 Å². The van der Waals surface area contributed by atoms with Gasteiger partial charge in [0.1, 0.15) is 0 Å². The molecular weight excluding hydrogens is 332 g/mol. The minimum absolute atomic E-state index is 0.0894. The standard InChI is InChI=1S/C20H20N2O4/c1-14(19(24)21-16-6-3-2-4-7-16)26-20(25)15-9-11-17(12-10-15)22-13-5-8-18(22)23/h2-4,6-7,9-12,14H,5,8,13H2,1H3,(H,21,24). The average Bonchev–Trinajstić information content (AvgIpc) is 3.08. The molecule has 2 aromatic carbocycles. The number of anilines is 2. The molecule has 1 aliphatic heterocycles. The predicted octanol–water partition coefficient (Wildman–Crippen LogP) is 3.00. The normalized spacial score (nSPS) is 14.8. The molecule has 2 amide bonds. The van der Waals surface area contributed by atoms with Crippen molar-refractivity contribution in [3.63, 3.8) is 0 Å². The Hall–Kier alpha value is -3.15. The van der Waals surface area contributed by atoms with Crippen LogP contribution in [0.15, 0.2) is 54.6 Å². The highest BCUT2D eigenvalue weighted by atomic mass is 16.5. The number of hydrogen-bond donors (Lipinski definition) is 1. The second-order valence-electron chi connectivity index (χ2n) is 6.10. The third kappa shape index (κ3) is 4.08. The molecule has 1 unspecified atom stereocenters. The summed E-state index contributed by atoms with van der Waals surface area (Å²) in [5.41, 5.74) is 1.73. The molecule has 0 radical (unpaired) electrons. The number of amides is 2. The van der Waals surface area contributed by atoms with Crippen LogP contribution >= 0.6 is 0 Å². The Morgan fingerprint density at radius 3 is 2.38 bits per heavy atom. The van der Waals surface area contributed by atoms with Crippen LogP contribution in [0.5, 0.6) is 0 Å². The monoisotopic (exact) mass is 352 g/mol. The second-order valence-corrected chi connectivity index (χ2v) is 6.10. The van der Waals surface area contributed by atoms with Gasteiger partial charge in [-0.2, -0.15) is 0 Å². The number of para-hydroxylation sites is 1. The van der Waals surface area contributed by atoms with Crippen molar-refractivity contribution >= 4 is 29.2 Å². The Morgan fingerprint density at radius 1 is 1.08 bits per heavy atom. The Labute approximate surface area is 151 Å². The first kappa shape index (κ1) is 17.7. The summed E-state index contributed by atoms with van der Waals surface area (Å²) in [4.78, 5) is 37.8. The summed E-state index contributed by atoms with van der Waals surface area (Å²) in [5.74, 6) is -0.893. The Bertz CT molecular complexity index is 802. The van der Waals surface area contributed by atoms with Gasteiger partial charge in [0.2, 0.25) is 5.91 Å². The Morgan fingerprint density at radius 2 is 1.77 bits per heavy atom. The van der Waals surface area contributed by atoms with Crippen LogP contribution in [0.1, 0.15) is 30.1 Å². The number of carbonyl (C=O) groups is 3. The van der Waals surface area contributed by atoms with E-state index in [-0.39, 0.29) is 5.91 Å². The summed E-state index contributed by atoms with van der Waals surface area (Å²) in [6, 6.07) is 15.6. The number of hydrogen-bond acceptors (Lipinski definition) is 4. The lowest BCUT2D eigenvalue weighted by molar-refractivity contribution is -0.123. The maximum Gasteiger partial charge on any atom is 0.338 e. The molecule has 1 saturated heterocycles. The van der Waals surface area contributed by atoms with Crippen molar-refractivity contribution in [2.24, 2.45) is 0 Å². The largest absolute Gasteiger partial charge is 0.449 e. The molecule has 3 rings (SSSR count). The Kier molecular flexibility index (Phi) is 5.31. The van der Waals surface area contributed by atoms with E-state index in [2.05, 4.69) is 5.32 Å². The number of rotatable bonds is 5. The van der Waals surface area contributed by atoms with Crippen LogP contribution in [0.4, 0.5) is 11.4 Å². The fourth-order valence-corrected chi connectivity index (χ4v) is 2.75. The molecular formula is C20H20N2O4. The van der Waals surface area contributed by atoms with E-state index in [1.54, 1.807) is 53.4 Å². The summed E-state index contributed by atoms with van der Waals surface area (Å²) in [7, 11) is 0. The summed E-state index contributed by atoms with van der Waals surface area (Å²) in [6.45, 7) is 2.22. The predicted molar refractivity (Wildman–Crippen MR) is 98.0 cm³/mol. The van der Waals surface area contributed by atoms with Crippen LogP contribution in [0, 0.1) is 0 Å². The van der Waals surface area contributed by atoms with Gasteiger partial charge in [-0.1, -0.05) is 18.2 Å². The molecule has 0 saturated carbocycles. The minimum Gasteiger partial charge on any atom is -0.449 e. The van der Waals surface area contributed by atoms with E-state index >= 15 is 0 Å². The van der Waals surface area contributed by atoms with Crippen molar-refractivity contribution in [1.29, 1.82) is 0 Å². The lowest BCUT2D eigenvalue weighted by Gasteiger charge is -2.16. The smallest absolute Gasteiger partial charge is 0.338 e. The van der Waals surface area contributed by atoms with Crippen molar-refractivity contribution in [1.82, 2.24) is 0 Å². The molecule has 0 spiro atoms. The van der Waals surface area contributed by atoms with E-state index in [1.807, 2.05) is 6.07 Å². The van der Waals surface area contributed by atoms with Crippen LogP contribution in [-0.4, -0.2) is 30.4 Å². The van der Waals surface area contributed by atoms with Crippen molar-refractivity contribution in [2.75, 3.05) is 16.8 Å². The number of ether oxygens (including phenoxy) is 1. The van der Waals surface area contributed by atoms with Gasteiger partial charge in [0, 0.05) is 24.3 Å². The van der Waals surface area contributed by atoms with E-state index in [4.69, 9.17) is 4.74 Å². The lowest BCUT2D eigenvalue weighted by Crippen LogP contribution is -2.30. The third-order valence-electron chi connectivity index (χ3n) is 4.18. The van der Waals surface area contributed by atoms with Crippen molar-refractivity contribution < 1.29 is 19.1 Å². The Balaban J connectivity index is 1.58. The van der Waals surface area contributed by atoms with Gasteiger partial charge >= 0.3 is 5.97 Å². The van der Waals surface area contributed by atoms with Gasteiger partial charge in [-0.15, -0.1) is 0 Å². The maximum absolute atomic E-state index is 12.2. The van der Waals surface area contributed by atoms with Gasteiger partial charge in [-0.3, -0.25) is 9.59 Å². The second kappa shape index (κ2) is 7.82. The molecule has 0 bridgehead atoms. The molecule has 0 aliphatic carbocycles. The van der Waals surface area contributed by atoms with E-state index in [9.17, 15) is 14.4 Å². The lowest BCUT2D eigenvalue weighted by atomic mass is 10.2. The molecule has 6 heteroatoms. The van der Waals surface area contributed by atoms with E-state index in [1.165, 1.54) is 6.92 Å². The van der Waals surface area contributed by atoms with Gasteiger partial charge in [-0.25, -0.2) is 4.79 Å². The molecule has 6 nitrogen and oxygen atoms in total. The summed E-state index contributed by atoms with van der Waals surface area (Å²) >= 11 is 0. The van der Waals surface area contributed by atoms with Gasteiger partial charge < -0.3 is 15.0 Å². The third-order valence-corrected chi connectivity index (χ3v) is 4.18. The SMILES string of the molecule is CC(OC(=O)c1ccc(N2CCCC2=O)cc1)C(=O)Nc1ccccc1. The molecule has 1 fully saturated rings. The fraction of sp³-hybridized carbons (Fsp3) is 0.250. The summed E-state index contributed by atoms with van der Waals surface area (Å²) < 4.78 is 5.23. The molecule has 1 heterocycles. The zero-order valence-electron chi connectivity index (χ0n) is 14.5. The van der Waals surface area contributed by atoms with E-state index in [0.29, 0.717) is 24.2 Å². The number of benzene rings is 2. The van der Waals surface area contributed by atoms with Gasteiger partial charge in [0.25, 0.3) is 5.91 Å². The molecule has 2 aromatic rings. The van der Waals surface area contributed by atoms with Crippen molar-refractivity contribution in [3.8, 4) is 0 Å². The first-order chi connectivity index (χ1) is 12.5. The van der Waals surface area contributed by atoms with Crippen LogP contribution in [-0.2, 0) is 14.3 Å². The quantitative estimate of drug-likeness (QED) is 0.840. The highest BCUT2D eigenvalue weighted by Gasteiger charge is 2.23. The van der Waals surface area contributed by atoms with Crippen LogP contribution in [0.3, 0.4) is 0 Å². The van der Waals surface area contributed by atoms with Crippen LogP contribution < -0.4 is 10.2 Å². The first-order valence-electron chi connectivity index (χ1n) is 8.52. The zero-order chi connectivity index (χ0) is 18.5. The number of carbonyl (C=O) groups excluding carboxylic acids is 3. The average molecular weight is 352 g/mol. The number of nitrogens with zero attached hydrogens (tertiary/aromatic N) is 1. The summed E-state index contributed by atoms with van der Waals surface area (Å²) in [5, 5.41) is 2.69. The summed E-state index contributed by atoms with van der Waals surface area (Å²) in [6.07, 6.45) is 0.469. The molecule has 1 N–H and O–H groups in total. The molecule has 134 valence electrons. The van der Waals surface area contributed by atoms with Crippen LogP contribution in [0.2, 0.25) is 0 Å². The topological polar surface area (TPSA) is 75.7 Å². The number of nitrogens with one attached hydrogen (secondary N) is 1. The first-order valence-corrected chi connectivity index (χ1v) is 8.52. The zero-order valence-corrected chi connectivity index (χ0v) is 14.5. The number of esters is 1. The maximum atomic E-state index is 12.2. The fourth-order valence-electron chi connectivity index (χ4n) is 2.75. The molecule has 26 heavy (non-hydrogen) atoms. The minimum atomic E-state index is -0.928. The highest BCUT2D eigenvalue weighted by molar-refractivity contribution is 5.98. The molecule has 1 aliphatic rings. The highest BCUT2D eigenvalue weighted by Crippen LogP contribution is 2.22. The van der Waals surface area contributed by atoms with Crippen molar-refractivity contribution in [3.05, 3.63) is 60.2 Å². The molecule has 1 atom stereocenters. The van der Waals surface area contributed by atoms with E-state index < -0.39 is 18.0 Å². The van der Waals surface area contributed by atoms with Gasteiger partial charge in [-0.05, 0) is 49.7 Å². The molecule has 0 aromatic heterocycles. The van der Waals surface area contributed by atoms with Crippen LogP contribution in [0.25, 0.3) is 0 Å².